The van der Waals surface area contributed by atoms with Gasteiger partial charge in [-0.2, -0.15) is 0 Å². The lowest BCUT2D eigenvalue weighted by Crippen LogP contribution is -2.59. The molecule has 0 saturated carbocycles. The van der Waals surface area contributed by atoms with E-state index in [1.807, 2.05) is 24.0 Å². The summed E-state index contributed by atoms with van der Waals surface area (Å²) in [4.78, 5) is 14.0. The van der Waals surface area contributed by atoms with Crippen LogP contribution in [0.2, 0.25) is 0 Å². The van der Waals surface area contributed by atoms with Crippen molar-refractivity contribution in [3.63, 3.8) is 0 Å². The first-order valence-electron chi connectivity index (χ1n) is 7.24. The van der Waals surface area contributed by atoms with E-state index in [1.54, 1.807) is 14.2 Å². The Morgan fingerprint density at radius 1 is 1.38 bits per heavy atom. The van der Waals surface area contributed by atoms with Crippen LogP contribution in [0.25, 0.3) is 0 Å². The minimum absolute atomic E-state index is 0.0277. The van der Waals surface area contributed by atoms with Gasteiger partial charge in [-0.05, 0) is 36.6 Å². The first-order valence-corrected chi connectivity index (χ1v) is 7.24. The third kappa shape index (κ3) is 2.90. The SMILES string of the molecule is CCNC(=O)N1CCc2cc(OC)c(OC)cc2[C@H]1C[NH3+]. The highest BCUT2D eigenvalue weighted by atomic mass is 16.5. The van der Waals surface area contributed by atoms with E-state index in [-0.39, 0.29) is 12.1 Å². The van der Waals surface area contributed by atoms with Crippen molar-refractivity contribution in [2.24, 2.45) is 0 Å². The number of fused-ring (bicyclic) bond motifs is 1. The maximum atomic E-state index is 12.2. The van der Waals surface area contributed by atoms with E-state index in [4.69, 9.17) is 9.47 Å². The maximum Gasteiger partial charge on any atom is 0.318 e. The molecular formula is C15H24N3O3+. The van der Waals surface area contributed by atoms with Gasteiger partial charge in [-0.15, -0.1) is 0 Å². The lowest BCUT2D eigenvalue weighted by molar-refractivity contribution is -0.378. The zero-order valence-electron chi connectivity index (χ0n) is 12.9. The Kier molecular flexibility index (Phi) is 4.90. The number of hydrogen-bond donors (Lipinski definition) is 2. The molecular weight excluding hydrogens is 270 g/mol. The van der Waals surface area contributed by atoms with Gasteiger partial charge in [0.2, 0.25) is 0 Å². The standard InChI is InChI=1S/C15H23N3O3/c1-4-17-15(19)18-6-5-10-7-13(20-2)14(21-3)8-11(10)12(18)9-16/h7-8,12H,4-6,9,16H2,1-3H3,(H,17,19)/p+1/t12-/m1/s1. The summed E-state index contributed by atoms with van der Waals surface area (Å²) in [5.74, 6) is 1.41. The van der Waals surface area contributed by atoms with Crippen LogP contribution in [0.1, 0.15) is 24.1 Å². The van der Waals surface area contributed by atoms with Crippen LogP contribution in [0.5, 0.6) is 11.5 Å². The number of methoxy groups -OCH3 is 2. The quantitative estimate of drug-likeness (QED) is 0.852. The van der Waals surface area contributed by atoms with Crippen LogP contribution in [-0.4, -0.2) is 44.8 Å². The molecule has 0 radical (unpaired) electrons. The van der Waals surface area contributed by atoms with E-state index in [2.05, 4.69) is 11.1 Å². The van der Waals surface area contributed by atoms with Gasteiger partial charge >= 0.3 is 6.03 Å². The average Bonchev–Trinajstić information content (AvgIpc) is 2.52. The van der Waals surface area contributed by atoms with Crippen molar-refractivity contribution in [1.29, 1.82) is 0 Å². The Morgan fingerprint density at radius 3 is 2.62 bits per heavy atom. The number of quaternary nitrogens is 1. The summed E-state index contributed by atoms with van der Waals surface area (Å²) in [5.41, 5.74) is 6.30. The molecule has 21 heavy (non-hydrogen) atoms. The van der Waals surface area contributed by atoms with Gasteiger partial charge in [0.1, 0.15) is 6.04 Å². The minimum Gasteiger partial charge on any atom is -0.493 e. The predicted molar refractivity (Wildman–Crippen MR) is 79.5 cm³/mol. The summed E-state index contributed by atoms with van der Waals surface area (Å²) < 4.78 is 10.7. The van der Waals surface area contributed by atoms with Gasteiger partial charge in [0.05, 0.1) is 20.8 Å². The van der Waals surface area contributed by atoms with E-state index in [0.29, 0.717) is 25.4 Å². The lowest BCUT2D eigenvalue weighted by atomic mass is 9.92. The van der Waals surface area contributed by atoms with Crippen molar-refractivity contribution >= 4 is 6.03 Å². The summed E-state index contributed by atoms with van der Waals surface area (Å²) in [5, 5.41) is 2.86. The Labute approximate surface area is 125 Å². The van der Waals surface area contributed by atoms with Crippen LogP contribution >= 0.6 is 0 Å². The van der Waals surface area contributed by atoms with Gasteiger partial charge in [-0.3, -0.25) is 0 Å². The van der Waals surface area contributed by atoms with Crippen LogP contribution in [0.4, 0.5) is 4.79 Å². The molecule has 0 aromatic heterocycles. The zero-order valence-corrected chi connectivity index (χ0v) is 12.9. The molecule has 116 valence electrons. The van der Waals surface area contributed by atoms with E-state index >= 15 is 0 Å². The fourth-order valence-electron chi connectivity index (χ4n) is 2.84. The summed E-state index contributed by atoms with van der Waals surface area (Å²) in [7, 11) is 3.25. The minimum atomic E-state index is -0.0356. The highest BCUT2D eigenvalue weighted by Gasteiger charge is 2.32. The summed E-state index contributed by atoms with van der Waals surface area (Å²) >= 11 is 0. The normalized spacial score (nSPS) is 17.1. The topological polar surface area (TPSA) is 78.4 Å². The fourth-order valence-corrected chi connectivity index (χ4v) is 2.84. The number of amides is 2. The summed E-state index contributed by atoms with van der Waals surface area (Å²) in [6.45, 7) is 3.86. The molecule has 0 fully saturated rings. The predicted octanol–water partition coefficient (Wildman–Crippen LogP) is 0.574. The second kappa shape index (κ2) is 6.67. The number of nitrogens with one attached hydrogen (secondary N) is 1. The lowest BCUT2D eigenvalue weighted by Gasteiger charge is -2.35. The van der Waals surface area contributed by atoms with Gasteiger partial charge in [-0.25, -0.2) is 4.79 Å². The molecule has 1 aromatic carbocycles. The van der Waals surface area contributed by atoms with Gasteiger partial charge < -0.3 is 25.4 Å². The van der Waals surface area contributed by atoms with Crippen molar-refractivity contribution in [2.45, 2.75) is 19.4 Å². The third-order valence-electron chi connectivity index (χ3n) is 3.86. The maximum absolute atomic E-state index is 12.2. The highest BCUT2D eigenvalue weighted by Crippen LogP contribution is 2.37. The van der Waals surface area contributed by atoms with Gasteiger partial charge in [0, 0.05) is 13.1 Å². The molecule has 6 heteroatoms. The molecule has 2 rings (SSSR count). The van der Waals surface area contributed by atoms with Crippen LogP contribution in [0.15, 0.2) is 12.1 Å². The van der Waals surface area contributed by atoms with Crippen molar-refractivity contribution in [3.8, 4) is 11.5 Å². The van der Waals surface area contributed by atoms with Crippen molar-refractivity contribution in [1.82, 2.24) is 10.2 Å². The molecule has 6 nitrogen and oxygen atoms in total. The van der Waals surface area contributed by atoms with Gasteiger partial charge in [-0.1, -0.05) is 0 Å². The molecule has 1 aliphatic rings. The van der Waals surface area contributed by atoms with E-state index in [1.165, 1.54) is 5.56 Å². The van der Waals surface area contributed by atoms with Crippen LogP contribution in [0, 0.1) is 0 Å². The second-order valence-corrected chi connectivity index (χ2v) is 4.99. The monoisotopic (exact) mass is 294 g/mol. The number of ether oxygens (including phenoxy) is 2. The number of benzene rings is 1. The van der Waals surface area contributed by atoms with Crippen LogP contribution < -0.4 is 20.5 Å². The van der Waals surface area contributed by atoms with Gasteiger partial charge in [0.15, 0.2) is 11.5 Å². The van der Waals surface area contributed by atoms with Crippen LogP contribution in [-0.2, 0) is 6.42 Å². The number of rotatable bonds is 4. The van der Waals surface area contributed by atoms with E-state index < -0.39 is 0 Å². The Bertz CT molecular complexity index is 519. The molecule has 1 heterocycles. The Balaban J connectivity index is 2.39. The molecule has 0 spiro atoms. The molecule has 0 bridgehead atoms. The molecule has 0 aliphatic carbocycles. The summed E-state index contributed by atoms with van der Waals surface area (Å²) in [6.07, 6.45) is 0.809. The van der Waals surface area contributed by atoms with Crippen molar-refractivity contribution < 1.29 is 20.0 Å². The highest BCUT2D eigenvalue weighted by molar-refractivity contribution is 5.75. The Morgan fingerprint density at radius 2 is 2.05 bits per heavy atom. The van der Waals surface area contributed by atoms with Crippen molar-refractivity contribution in [2.75, 3.05) is 33.9 Å². The van der Waals surface area contributed by atoms with E-state index in [0.717, 1.165) is 17.7 Å². The molecule has 2 amide bonds. The molecule has 0 saturated heterocycles. The second-order valence-electron chi connectivity index (χ2n) is 4.99. The van der Waals surface area contributed by atoms with E-state index in [9.17, 15) is 4.79 Å². The summed E-state index contributed by atoms with van der Waals surface area (Å²) in [6, 6.07) is 3.91. The third-order valence-corrected chi connectivity index (χ3v) is 3.86. The van der Waals surface area contributed by atoms with Gasteiger partial charge in [0.25, 0.3) is 0 Å². The largest absolute Gasteiger partial charge is 0.493 e. The Hall–Kier alpha value is -1.95. The molecule has 1 atom stereocenters. The zero-order chi connectivity index (χ0) is 15.4. The first kappa shape index (κ1) is 15.4. The number of carbonyl (C=O) groups excluding carboxylic acids is 1. The number of urea groups is 1. The molecule has 1 aromatic rings. The number of nitrogens with zero attached hydrogens (tertiary/aromatic N) is 1. The number of hydrogen-bond acceptors (Lipinski definition) is 3. The van der Waals surface area contributed by atoms with Crippen LogP contribution in [0.3, 0.4) is 0 Å². The first-order chi connectivity index (χ1) is 10.2. The smallest absolute Gasteiger partial charge is 0.318 e. The number of carbonyl (C=O) groups is 1. The molecule has 4 N–H and O–H groups in total. The molecule has 0 unspecified atom stereocenters. The average molecular weight is 294 g/mol. The van der Waals surface area contributed by atoms with Crippen molar-refractivity contribution in [3.05, 3.63) is 23.3 Å². The fraction of sp³-hybridized carbons (Fsp3) is 0.533. The molecule has 1 aliphatic heterocycles.